The molecule has 0 saturated carbocycles. The highest BCUT2D eigenvalue weighted by Gasteiger charge is 2.05. The number of nitrogens with zero attached hydrogens (tertiary/aromatic N) is 1. The SMILES string of the molecule is O=C(O)c1ccc(C=Cc2nc3c(ccc4ccccc43)s2)cc1. The lowest BCUT2D eigenvalue weighted by Crippen LogP contribution is -1.94. The van der Waals surface area contributed by atoms with Crippen LogP contribution < -0.4 is 0 Å². The minimum absolute atomic E-state index is 0.290. The zero-order chi connectivity index (χ0) is 16.5. The number of aromatic carboxylic acids is 1. The van der Waals surface area contributed by atoms with Crippen molar-refractivity contribution in [2.45, 2.75) is 0 Å². The molecule has 116 valence electrons. The molecule has 3 aromatic carbocycles. The van der Waals surface area contributed by atoms with Crippen molar-refractivity contribution in [2.24, 2.45) is 0 Å². The summed E-state index contributed by atoms with van der Waals surface area (Å²) in [5.74, 6) is -0.913. The molecule has 1 aromatic heterocycles. The fraction of sp³-hybridized carbons (Fsp3) is 0. The lowest BCUT2D eigenvalue weighted by Gasteiger charge is -1.96. The molecule has 24 heavy (non-hydrogen) atoms. The van der Waals surface area contributed by atoms with Gasteiger partial charge in [-0.2, -0.15) is 0 Å². The standard InChI is InChI=1S/C20H13NO2S/c22-20(23)15-8-5-13(6-9-15)7-12-18-21-19-16-4-2-1-3-14(16)10-11-17(19)24-18/h1-12H,(H,22,23). The van der Waals surface area contributed by atoms with Crippen LogP contribution in [0.2, 0.25) is 0 Å². The third-order valence-electron chi connectivity index (χ3n) is 3.88. The zero-order valence-electron chi connectivity index (χ0n) is 12.6. The number of hydrogen-bond acceptors (Lipinski definition) is 3. The molecule has 4 rings (SSSR count). The first-order valence-corrected chi connectivity index (χ1v) is 8.32. The molecule has 0 bridgehead atoms. The highest BCUT2D eigenvalue weighted by molar-refractivity contribution is 7.19. The molecule has 1 heterocycles. The van der Waals surface area contributed by atoms with Crippen LogP contribution in [-0.4, -0.2) is 16.1 Å². The van der Waals surface area contributed by atoms with E-state index in [1.54, 1.807) is 35.6 Å². The molecule has 0 unspecified atom stereocenters. The van der Waals surface area contributed by atoms with Gasteiger partial charge in [-0.1, -0.05) is 48.5 Å². The number of aromatic nitrogens is 1. The van der Waals surface area contributed by atoms with Crippen molar-refractivity contribution in [3.05, 3.63) is 76.8 Å². The summed E-state index contributed by atoms with van der Waals surface area (Å²) < 4.78 is 1.16. The minimum atomic E-state index is -0.913. The summed E-state index contributed by atoms with van der Waals surface area (Å²) in [6, 6.07) is 19.3. The van der Waals surface area contributed by atoms with E-state index in [9.17, 15) is 4.79 Å². The highest BCUT2D eigenvalue weighted by Crippen LogP contribution is 2.30. The van der Waals surface area contributed by atoms with Crippen molar-refractivity contribution in [3.8, 4) is 0 Å². The number of carbonyl (C=O) groups is 1. The van der Waals surface area contributed by atoms with E-state index >= 15 is 0 Å². The molecule has 0 aliphatic carbocycles. The first-order valence-electron chi connectivity index (χ1n) is 7.50. The number of carboxylic acid groups (broad SMARTS) is 1. The Bertz CT molecular complexity index is 1080. The maximum atomic E-state index is 10.9. The lowest BCUT2D eigenvalue weighted by atomic mass is 10.1. The monoisotopic (exact) mass is 331 g/mol. The molecule has 0 aliphatic rings. The maximum absolute atomic E-state index is 10.9. The van der Waals surface area contributed by atoms with E-state index in [1.807, 2.05) is 24.3 Å². The van der Waals surface area contributed by atoms with Crippen molar-refractivity contribution >= 4 is 50.4 Å². The van der Waals surface area contributed by atoms with E-state index in [-0.39, 0.29) is 0 Å². The van der Waals surface area contributed by atoms with Crippen LogP contribution in [0.1, 0.15) is 20.9 Å². The smallest absolute Gasteiger partial charge is 0.335 e. The maximum Gasteiger partial charge on any atom is 0.335 e. The van der Waals surface area contributed by atoms with Crippen molar-refractivity contribution in [1.82, 2.24) is 4.98 Å². The summed E-state index contributed by atoms with van der Waals surface area (Å²) in [7, 11) is 0. The Morgan fingerprint density at radius 2 is 1.75 bits per heavy atom. The topological polar surface area (TPSA) is 50.2 Å². The number of rotatable bonds is 3. The largest absolute Gasteiger partial charge is 0.478 e. The Hall–Kier alpha value is -2.98. The van der Waals surface area contributed by atoms with E-state index < -0.39 is 5.97 Å². The highest BCUT2D eigenvalue weighted by atomic mass is 32.1. The predicted molar refractivity (Wildman–Crippen MR) is 99.5 cm³/mol. The number of carboxylic acids is 1. The summed E-state index contributed by atoms with van der Waals surface area (Å²) in [4.78, 5) is 15.6. The van der Waals surface area contributed by atoms with Crippen LogP contribution in [0, 0.1) is 0 Å². The van der Waals surface area contributed by atoms with Gasteiger partial charge in [-0.25, -0.2) is 9.78 Å². The van der Waals surface area contributed by atoms with E-state index in [4.69, 9.17) is 10.1 Å². The van der Waals surface area contributed by atoms with E-state index in [0.717, 1.165) is 26.2 Å². The summed E-state index contributed by atoms with van der Waals surface area (Å²) in [6.07, 6.45) is 3.92. The van der Waals surface area contributed by atoms with Gasteiger partial charge >= 0.3 is 5.97 Å². The van der Waals surface area contributed by atoms with Crippen LogP contribution in [0.15, 0.2) is 60.7 Å². The molecule has 0 saturated heterocycles. The molecule has 4 heteroatoms. The molecule has 0 aliphatic heterocycles. The van der Waals surface area contributed by atoms with Crippen molar-refractivity contribution in [2.75, 3.05) is 0 Å². The zero-order valence-corrected chi connectivity index (χ0v) is 13.5. The Kier molecular flexibility index (Phi) is 3.59. The normalized spacial score (nSPS) is 11.5. The molecule has 4 aromatic rings. The number of fused-ring (bicyclic) bond motifs is 3. The molecule has 0 radical (unpaired) electrons. The molecule has 3 nitrogen and oxygen atoms in total. The summed E-state index contributed by atoms with van der Waals surface area (Å²) in [5.41, 5.74) is 2.27. The Morgan fingerprint density at radius 3 is 2.54 bits per heavy atom. The van der Waals surface area contributed by atoms with Crippen molar-refractivity contribution in [1.29, 1.82) is 0 Å². The molecule has 0 amide bonds. The van der Waals surface area contributed by atoms with Crippen LogP contribution in [0.4, 0.5) is 0 Å². The van der Waals surface area contributed by atoms with Crippen LogP contribution in [-0.2, 0) is 0 Å². The molecule has 0 fully saturated rings. The third kappa shape index (κ3) is 2.68. The third-order valence-corrected chi connectivity index (χ3v) is 4.86. The first kappa shape index (κ1) is 14.6. The molecular formula is C20H13NO2S. The Balaban J connectivity index is 1.69. The van der Waals surface area contributed by atoms with Crippen LogP contribution in [0.25, 0.3) is 33.1 Å². The van der Waals surface area contributed by atoms with Gasteiger partial charge in [-0.3, -0.25) is 0 Å². The second-order valence-corrected chi connectivity index (χ2v) is 6.51. The minimum Gasteiger partial charge on any atom is -0.478 e. The van der Waals surface area contributed by atoms with Gasteiger partial charge in [0.15, 0.2) is 0 Å². The average Bonchev–Trinajstić information content (AvgIpc) is 3.04. The Labute approximate surface area is 142 Å². The van der Waals surface area contributed by atoms with Gasteiger partial charge in [-0.05, 0) is 35.2 Å². The van der Waals surface area contributed by atoms with E-state index in [0.29, 0.717) is 5.56 Å². The Morgan fingerprint density at radius 1 is 0.958 bits per heavy atom. The van der Waals surface area contributed by atoms with Gasteiger partial charge in [0.25, 0.3) is 0 Å². The lowest BCUT2D eigenvalue weighted by molar-refractivity contribution is 0.0697. The summed E-state index contributed by atoms with van der Waals surface area (Å²) in [5, 5.41) is 12.2. The predicted octanol–water partition coefficient (Wildman–Crippen LogP) is 5.32. The van der Waals surface area contributed by atoms with Crippen LogP contribution in [0.5, 0.6) is 0 Å². The van der Waals surface area contributed by atoms with Crippen LogP contribution in [0.3, 0.4) is 0 Å². The second-order valence-electron chi connectivity index (χ2n) is 5.45. The molecule has 1 N–H and O–H groups in total. The van der Waals surface area contributed by atoms with Gasteiger partial charge in [0, 0.05) is 5.39 Å². The average molecular weight is 331 g/mol. The van der Waals surface area contributed by atoms with Crippen LogP contribution >= 0.6 is 11.3 Å². The fourth-order valence-corrected chi connectivity index (χ4v) is 3.54. The van der Waals surface area contributed by atoms with Crippen molar-refractivity contribution < 1.29 is 9.90 Å². The molecule has 0 spiro atoms. The van der Waals surface area contributed by atoms with E-state index in [2.05, 4.69) is 24.3 Å². The van der Waals surface area contributed by atoms with Crippen molar-refractivity contribution in [3.63, 3.8) is 0 Å². The van der Waals surface area contributed by atoms with Gasteiger partial charge in [-0.15, -0.1) is 11.3 Å². The quantitative estimate of drug-likeness (QED) is 0.553. The fourth-order valence-electron chi connectivity index (χ4n) is 2.65. The summed E-state index contributed by atoms with van der Waals surface area (Å²) >= 11 is 1.65. The van der Waals surface area contributed by atoms with Gasteiger partial charge in [0.2, 0.25) is 0 Å². The second kappa shape index (κ2) is 5.91. The van der Waals surface area contributed by atoms with E-state index in [1.165, 1.54) is 5.39 Å². The van der Waals surface area contributed by atoms with Gasteiger partial charge in [0.05, 0.1) is 15.8 Å². The van der Waals surface area contributed by atoms with Gasteiger partial charge in [0.1, 0.15) is 5.01 Å². The number of thiazole rings is 1. The molecular weight excluding hydrogens is 318 g/mol. The number of hydrogen-bond donors (Lipinski definition) is 1. The first-order chi connectivity index (χ1) is 11.7. The molecule has 0 atom stereocenters. The number of benzene rings is 3. The van der Waals surface area contributed by atoms with Gasteiger partial charge < -0.3 is 5.11 Å². The summed E-state index contributed by atoms with van der Waals surface area (Å²) in [6.45, 7) is 0.